The molecule has 3 rings (SSSR count). The van der Waals surface area contributed by atoms with Crippen LogP contribution < -0.4 is 10.2 Å². The molecule has 0 aliphatic carbocycles. The first-order valence-corrected chi connectivity index (χ1v) is 10.5. The molecule has 9 heteroatoms. The summed E-state index contributed by atoms with van der Waals surface area (Å²) in [6, 6.07) is 0. The third-order valence-corrected chi connectivity index (χ3v) is 5.15. The lowest BCUT2D eigenvalue weighted by Crippen LogP contribution is -2.30. The van der Waals surface area contributed by atoms with Crippen LogP contribution in [-0.4, -0.2) is 63.8 Å². The van der Waals surface area contributed by atoms with E-state index < -0.39 is 0 Å². The highest BCUT2D eigenvalue weighted by Crippen LogP contribution is 2.30. The standard InChI is InChI=1S/C18H28N6O2S/c1-4-26-12-15(25)19-7-10-24-17-14(11-20-24)16(23-8-5-6-9-23)21-18(22-17)27-13(2)3/h11,13H,4-10,12H2,1-3H3,(H,19,25). The van der Waals surface area contributed by atoms with Crippen LogP contribution in [0.4, 0.5) is 5.82 Å². The van der Waals surface area contributed by atoms with Gasteiger partial charge >= 0.3 is 0 Å². The van der Waals surface area contributed by atoms with Crippen LogP contribution in [0.5, 0.6) is 0 Å². The first-order valence-electron chi connectivity index (χ1n) is 9.58. The zero-order chi connectivity index (χ0) is 19.2. The van der Waals surface area contributed by atoms with Gasteiger partial charge in [0, 0.05) is 31.5 Å². The molecule has 27 heavy (non-hydrogen) atoms. The molecule has 2 aromatic rings. The maximum Gasteiger partial charge on any atom is 0.246 e. The molecule has 0 aromatic carbocycles. The summed E-state index contributed by atoms with van der Waals surface area (Å²) < 4.78 is 6.96. The number of hydrogen-bond acceptors (Lipinski definition) is 7. The molecule has 8 nitrogen and oxygen atoms in total. The largest absolute Gasteiger partial charge is 0.372 e. The second kappa shape index (κ2) is 9.36. The lowest BCUT2D eigenvalue weighted by molar-refractivity contribution is -0.125. The number of thioether (sulfide) groups is 1. The summed E-state index contributed by atoms with van der Waals surface area (Å²) in [6.45, 7) is 9.86. The van der Waals surface area contributed by atoms with Gasteiger partial charge < -0.3 is 15.0 Å². The summed E-state index contributed by atoms with van der Waals surface area (Å²) in [5.74, 6) is 0.865. The van der Waals surface area contributed by atoms with Crippen molar-refractivity contribution in [3.05, 3.63) is 6.20 Å². The van der Waals surface area contributed by atoms with E-state index in [2.05, 4.69) is 29.2 Å². The maximum absolute atomic E-state index is 11.7. The highest BCUT2D eigenvalue weighted by Gasteiger charge is 2.21. The Balaban J connectivity index is 1.79. The van der Waals surface area contributed by atoms with Crippen molar-refractivity contribution in [1.82, 2.24) is 25.1 Å². The number of ether oxygens (including phenoxy) is 1. The highest BCUT2D eigenvalue weighted by atomic mass is 32.2. The molecule has 1 fully saturated rings. The SMILES string of the molecule is CCOCC(=O)NCCn1ncc2c(N3CCCC3)nc(SC(C)C)nc21. The van der Waals surface area contributed by atoms with Crippen molar-refractivity contribution >= 4 is 34.5 Å². The molecule has 1 aliphatic rings. The Bertz CT molecular complexity index is 773. The van der Waals surface area contributed by atoms with Crippen LogP contribution in [0.15, 0.2) is 11.4 Å². The van der Waals surface area contributed by atoms with E-state index in [1.807, 2.05) is 17.8 Å². The number of nitrogens with one attached hydrogen (secondary N) is 1. The zero-order valence-corrected chi connectivity index (χ0v) is 17.1. The van der Waals surface area contributed by atoms with Gasteiger partial charge in [0.25, 0.3) is 0 Å². The van der Waals surface area contributed by atoms with Crippen molar-refractivity contribution in [2.75, 3.05) is 37.7 Å². The van der Waals surface area contributed by atoms with E-state index in [-0.39, 0.29) is 12.5 Å². The van der Waals surface area contributed by atoms with E-state index >= 15 is 0 Å². The Morgan fingerprint density at radius 2 is 2.11 bits per heavy atom. The van der Waals surface area contributed by atoms with Crippen molar-refractivity contribution in [3.8, 4) is 0 Å². The number of fused-ring (bicyclic) bond motifs is 1. The van der Waals surface area contributed by atoms with Crippen LogP contribution in [0, 0.1) is 0 Å². The van der Waals surface area contributed by atoms with E-state index in [0.717, 1.165) is 35.1 Å². The Kier molecular flexibility index (Phi) is 6.89. The number of rotatable bonds is 9. The first kappa shape index (κ1) is 19.9. The van der Waals surface area contributed by atoms with E-state index in [0.29, 0.717) is 24.9 Å². The molecule has 0 saturated carbocycles. The molecule has 0 bridgehead atoms. The highest BCUT2D eigenvalue weighted by molar-refractivity contribution is 7.99. The molecule has 1 amide bonds. The average Bonchev–Trinajstić information content (AvgIpc) is 3.29. The van der Waals surface area contributed by atoms with Crippen LogP contribution in [-0.2, 0) is 16.1 Å². The second-order valence-corrected chi connectivity index (χ2v) is 8.33. The van der Waals surface area contributed by atoms with Crippen LogP contribution in [0.1, 0.15) is 33.6 Å². The third kappa shape index (κ3) is 5.10. The van der Waals surface area contributed by atoms with Crippen molar-refractivity contribution in [2.24, 2.45) is 0 Å². The van der Waals surface area contributed by atoms with Crippen LogP contribution in [0.25, 0.3) is 11.0 Å². The summed E-state index contributed by atoms with van der Waals surface area (Å²) >= 11 is 1.66. The molecule has 0 unspecified atom stereocenters. The van der Waals surface area contributed by atoms with Crippen molar-refractivity contribution < 1.29 is 9.53 Å². The van der Waals surface area contributed by atoms with Gasteiger partial charge in [0.05, 0.1) is 18.1 Å². The Morgan fingerprint density at radius 3 is 2.81 bits per heavy atom. The van der Waals surface area contributed by atoms with Gasteiger partial charge in [0.1, 0.15) is 12.4 Å². The molecular weight excluding hydrogens is 364 g/mol. The van der Waals surface area contributed by atoms with Gasteiger partial charge in [-0.15, -0.1) is 0 Å². The Morgan fingerprint density at radius 1 is 1.33 bits per heavy atom. The zero-order valence-electron chi connectivity index (χ0n) is 16.3. The van der Waals surface area contributed by atoms with Crippen LogP contribution in [0.3, 0.4) is 0 Å². The number of hydrogen-bond donors (Lipinski definition) is 1. The molecule has 2 aromatic heterocycles. The lowest BCUT2D eigenvalue weighted by atomic mass is 10.3. The number of anilines is 1. The second-order valence-electron chi connectivity index (χ2n) is 6.78. The van der Waals surface area contributed by atoms with Crippen molar-refractivity contribution in [2.45, 2.75) is 50.6 Å². The summed E-state index contributed by atoms with van der Waals surface area (Å²) in [7, 11) is 0. The third-order valence-electron chi connectivity index (χ3n) is 4.29. The molecule has 0 radical (unpaired) electrons. The normalized spacial score (nSPS) is 14.4. The number of nitrogens with zero attached hydrogens (tertiary/aromatic N) is 5. The Hall–Kier alpha value is -1.87. The fourth-order valence-corrected chi connectivity index (χ4v) is 3.77. The molecule has 1 saturated heterocycles. The van der Waals surface area contributed by atoms with Gasteiger partial charge in [-0.05, 0) is 19.8 Å². The summed E-state index contributed by atoms with van der Waals surface area (Å²) in [6.07, 6.45) is 4.23. The van der Waals surface area contributed by atoms with Crippen molar-refractivity contribution in [1.29, 1.82) is 0 Å². The molecular formula is C18H28N6O2S. The summed E-state index contributed by atoms with van der Waals surface area (Å²) in [5, 5.41) is 9.52. The van der Waals surface area contributed by atoms with Gasteiger partial charge in [0.15, 0.2) is 10.8 Å². The van der Waals surface area contributed by atoms with E-state index in [9.17, 15) is 4.79 Å². The van der Waals surface area contributed by atoms with E-state index in [1.54, 1.807) is 11.8 Å². The van der Waals surface area contributed by atoms with Crippen molar-refractivity contribution in [3.63, 3.8) is 0 Å². The summed E-state index contributed by atoms with van der Waals surface area (Å²) in [4.78, 5) is 23.6. The first-order chi connectivity index (χ1) is 13.1. The fourth-order valence-electron chi connectivity index (χ4n) is 3.07. The van der Waals surface area contributed by atoms with E-state index in [4.69, 9.17) is 14.7 Å². The predicted molar refractivity (Wildman–Crippen MR) is 107 cm³/mol. The van der Waals surface area contributed by atoms with Gasteiger partial charge in [-0.1, -0.05) is 25.6 Å². The number of carbonyl (C=O) groups is 1. The average molecular weight is 393 g/mol. The monoisotopic (exact) mass is 392 g/mol. The van der Waals surface area contributed by atoms with E-state index in [1.165, 1.54) is 12.8 Å². The van der Waals surface area contributed by atoms with Gasteiger partial charge in [-0.2, -0.15) is 5.10 Å². The smallest absolute Gasteiger partial charge is 0.246 e. The lowest BCUT2D eigenvalue weighted by Gasteiger charge is -2.18. The van der Waals surface area contributed by atoms with Gasteiger partial charge in [-0.25, -0.2) is 14.6 Å². The minimum absolute atomic E-state index is 0.0901. The number of aromatic nitrogens is 4. The minimum atomic E-state index is -0.114. The van der Waals surface area contributed by atoms with Gasteiger partial charge in [-0.3, -0.25) is 4.79 Å². The molecule has 148 valence electrons. The molecule has 1 aliphatic heterocycles. The minimum Gasteiger partial charge on any atom is -0.372 e. The van der Waals surface area contributed by atoms with Crippen LogP contribution in [0.2, 0.25) is 0 Å². The topological polar surface area (TPSA) is 85.2 Å². The molecule has 0 atom stereocenters. The maximum atomic E-state index is 11.7. The molecule has 1 N–H and O–H groups in total. The molecule has 3 heterocycles. The molecule has 0 spiro atoms. The van der Waals surface area contributed by atoms with Crippen LogP contribution >= 0.6 is 11.8 Å². The number of carbonyl (C=O) groups excluding carboxylic acids is 1. The number of amides is 1. The fraction of sp³-hybridized carbons (Fsp3) is 0.667. The predicted octanol–water partition coefficient (Wildman–Crippen LogP) is 2.08. The summed E-state index contributed by atoms with van der Waals surface area (Å²) in [5.41, 5.74) is 0.828. The Labute approximate surface area is 164 Å². The quantitative estimate of drug-likeness (QED) is 0.516. The van der Waals surface area contributed by atoms with Gasteiger partial charge in [0.2, 0.25) is 5.91 Å².